The van der Waals surface area contributed by atoms with Crippen LogP contribution in [0.1, 0.15) is 61.1 Å². The topological polar surface area (TPSA) is 37.3 Å². The Bertz CT molecular complexity index is 769. The number of aliphatic hydroxyl groups is 1. The van der Waals surface area contributed by atoms with Crippen LogP contribution in [0.15, 0.2) is 42.5 Å². The number of carbonyl (C=O) groups is 1. The van der Waals surface area contributed by atoms with Crippen LogP contribution in [-0.2, 0) is 11.2 Å². The molecule has 1 N–H and O–H groups in total. The number of carbonyl (C=O) groups excluding carboxylic acids is 1. The van der Waals surface area contributed by atoms with Crippen molar-refractivity contribution in [3.05, 3.63) is 59.2 Å². The Morgan fingerprint density at radius 1 is 0.920 bits per heavy atom. The van der Waals surface area contributed by atoms with E-state index in [-0.39, 0.29) is 18.4 Å². The number of Topliss-reactive ketones (excluding diaryl/α,β-unsaturated/α-hetero) is 1. The molecule has 1 atom stereocenters. The van der Waals surface area contributed by atoms with Gasteiger partial charge in [-0.05, 0) is 40.7 Å². The standard InChI is InChI=1S/C23H26O2/c24-15-22-19-10-6-5-9-18(19)20-12-11-16(13-21(20)22)14-23(25)17-7-3-1-2-4-8-17/h5-6,9-13,17,22,24H,1-4,7-8,14-15H2. The molecule has 1 saturated carbocycles. The highest BCUT2D eigenvalue weighted by Crippen LogP contribution is 2.44. The molecular formula is C23H26O2. The lowest BCUT2D eigenvalue weighted by atomic mass is 9.90. The van der Waals surface area contributed by atoms with E-state index in [0.717, 1.165) is 18.4 Å². The van der Waals surface area contributed by atoms with Crippen molar-refractivity contribution in [1.82, 2.24) is 0 Å². The van der Waals surface area contributed by atoms with Crippen molar-refractivity contribution in [2.45, 2.75) is 50.9 Å². The highest BCUT2D eigenvalue weighted by atomic mass is 16.3. The lowest BCUT2D eigenvalue weighted by Crippen LogP contribution is -2.16. The number of fused-ring (bicyclic) bond motifs is 3. The summed E-state index contributed by atoms with van der Waals surface area (Å²) in [6.07, 6.45) is 7.61. The van der Waals surface area contributed by atoms with Gasteiger partial charge < -0.3 is 5.11 Å². The van der Waals surface area contributed by atoms with E-state index in [9.17, 15) is 9.90 Å². The molecular weight excluding hydrogens is 308 g/mol. The van der Waals surface area contributed by atoms with Crippen LogP contribution in [0.3, 0.4) is 0 Å². The van der Waals surface area contributed by atoms with Crippen molar-refractivity contribution < 1.29 is 9.90 Å². The minimum Gasteiger partial charge on any atom is -0.395 e. The lowest BCUT2D eigenvalue weighted by molar-refractivity contribution is -0.122. The normalized spacial score (nSPS) is 20.0. The SMILES string of the molecule is O=C(Cc1ccc2c(c1)C(CO)c1ccccc1-2)C1CCCCCC1. The fraction of sp³-hybridized carbons (Fsp3) is 0.435. The van der Waals surface area contributed by atoms with Crippen LogP contribution < -0.4 is 0 Å². The van der Waals surface area contributed by atoms with Gasteiger partial charge in [0.15, 0.2) is 0 Å². The summed E-state index contributed by atoms with van der Waals surface area (Å²) < 4.78 is 0. The number of ketones is 1. The van der Waals surface area contributed by atoms with Crippen LogP contribution in [0.25, 0.3) is 11.1 Å². The molecule has 2 nitrogen and oxygen atoms in total. The molecule has 0 bridgehead atoms. The second-order valence-electron chi connectivity index (χ2n) is 7.58. The molecule has 0 heterocycles. The van der Waals surface area contributed by atoms with Crippen LogP contribution in [0, 0.1) is 5.92 Å². The van der Waals surface area contributed by atoms with E-state index in [1.165, 1.54) is 47.9 Å². The smallest absolute Gasteiger partial charge is 0.140 e. The Kier molecular flexibility index (Phi) is 4.72. The van der Waals surface area contributed by atoms with Gasteiger partial charge >= 0.3 is 0 Å². The van der Waals surface area contributed by atoms with Gasteiger partial charge in [0.05, 0.1) is 6.61 Å². The zero-order chi connectivity index (χ0) is 17.2. The second kappa shape index (κ2) is 7.13. The van der Waals surface area contributed by atoms with Crippen LogP contribution in [0.4, 0.5) is 0 Å². The summed E-state index contributed by atoms with van der Waals surface area (Å²) in [7, 11) is 0. The molecule has 0 aliphatic heterocycles. The molecule has 0 amide bonds. The van der Waals surface area contributed by atoms with Gasteiger partial charge in [-0.3, -0.25) is 4.79 Å². The van der Waals surface area contributed by atoms with Crippen molar-refractivity contribution in [2.24, 2.45) is 5.92 Å². The first-order chi connectivity index (χ1) is 12.3. The van der Waals surface area contributed by atoms with Gasteiger partial charge in [0.1, 0.15) is 5.78 Å². The Labute approximate surface area is 149 Å². The highest BCUT2D eigenvalue weighted by Gasteiger charge is 2.28. The van der Waals surface area contributed by atoms with Crippen LogP contribution in [0.5, 0.6) is 0 Å². The summed E-state index contributed by atoms with van der Waals surface area (Å²) in [6.45, 7) is 0.115. The third-order valence-electron chi connectivity index (χ3n) is 5.99. The molecule has 2 aliphatic carbocycles. The predicted octanol–water partition coefficient (Wildman–Crippen LogP) is 4.87. The van der Waals surface area contributed by atoms with Crippen molar-refractivity contribution in [1.29, 1.82) is 0 Å². The van der Waals surface area contributed by atoms with Gasteiger partial charge in [0.25, 0.3) is 0 Å². The first-order valence-corrected chi connectivity index (χ1v) is 9.63. The molecule has 4 rings (SSSR count). The predicted molar refractivity (Wildman–Crippen MR) is 101 cm³/mol. The molecule has 1 unspecified atom stereocenters. The van der Waals surface area contributed by atoms with Gasteiger partial charge in [-0.1, -0.05) is 68.1 Å². The Morgan fingerprint density at radius 2 is 1.64 bits per heavy atom. The molecule has 0 saturated heterocycles. The van der Waals surface area contributed by atoms with E-state index in [1.807, 2.05) is 12.1 Å². The highest BCUT2D eigenvalue weighted by molar-refractivity contribution is 5.84. The summed E-state index contributed by atoms with van der Waals surface area (Å²) in [4.78, 5) is 12.7. The molecule has 2 aromatic rings. The maximum absolute atomic E-state index is 12.7. The first kappa shape index (κ1) is 16.5. The molecule has 0 aromatic heterocycles. The van der Waals surface area contributed by atoms with Crippen LogP contribution in [-0.4, -0.2) is 17.5 Å². The van der Waals surface area contributed by atoms with E-state index < -0.39 is 0 Å². The summed E-state index contributed by atoms with van der Waals surface area (Å²) in [5.74, 6) is 0.693. The van der Waals surface area contributed by atoms with Gasteiger partial charge in [-0.15, -0.1) is 0 Å². The first-order valence-electron chi connectivity index (χ1n) is 9.63. The molecule has 0 spiro atoms. The maximum Gasteiger partial charge on any atom is 0.140 e. The summed E-state index contributed by atoms with van der Waals surface area (Å²) in [5, 5.41) is 9.90. The molecule has 2 aliphatic rings. The average molecular weight is 334 g/mol. The third kappa shape index (κ3) is 3.16. The number of hydrogen-bond acceptors (Lipinski definition) is 2. The van der Waals surface area contributed by atoms with Gasteiger partial charge in [-0.25, -0.2) is 0 Å². The van der Waals surface area contributed by atoms with Crippen LogP contribution >= 0.6 is 0 Å². The van der Waals surface area contributed by atoms with E-state index in [0.29, 0.717) is 12.2 Å². The zero-order valence-corrected chi connectivity index (χ0v) is 14.7. The molecule has 25 heavy (non-hydrogen) atoms. The zero-order valence-electron chi connectivity index (χ0n) is 14.7. The quantitative estimate of drug-likeness (QED) is 0.810. The van der Waals surface area contributed by atoms with Crippen LogP contribution in [0.2, 0.25) is 0 Å². The molecule has 1 fully saturated rings. The summed E-state index contributed by atoms with van der Waals surface area (Å²) in [5.41, 5.74) is 5.90. The maximum atomic E-state index is 12.7. The van der Waals surface area contributed by atoms with E-state index in [4.69, 9.17) is 0 Å². The fourth-order valence-electron chi connectivity index (χ4n) is 4.61. The van der Waals surface area contributed by atoms with E-state index in [2.05, 4.69) is 30.3 Å². The number of benzene rings is 2. The Hall–Kier alpha value is -1.93. The van der Waals surface area contributed by atoms with Crippen molar-refractivity contribution in [3.63, 3.8) is 0 Å². The molecule has 2 aromatic carbocycles. The fourth-order valence-corrected chi connectivity index (χ4v) is 4.61. The Morgan fingerprint density at radius 3 is 2.40 bits per heavy atom. The van der Waals surface area contributed by atoms with Crippen molar-refractivity contribution >= 4 is 5.78 Å². The summed E-state index contributed by atoms with van der Waals surface area (Å²) in [6, 6.07) is 14.7. The molecule has 2 heteroatoms. The summed E-state index contributed by atoms with van der Waals surface area (Å²) >= 11 is 0. The largest absolute Gasteiger partial charge is 0.395 e. The monoisotopic (exact) mass is 334 g/mol. The van der Waals surface area contributed by atoms with Crippen molar-refractivity contribution in [2.75, 3.05) is 6.61 Å². The number of hydrogen-bond donors (Lipinski definition) is 1. The van der Waals surface area contributed by atoms with Gasteiger partial charge in [0, 0.05) is 18.3 Å². The van der Waals surface area contributed by atoms with E-state index >= 15 is 0 Å². The minimum atomic E-state index is 0.0409. The second-order valence-corrected chi connectivity index (χ2v) is 7.58. The lowest BCUT2D eigenvalue weighted by Gasteiger charge is -2.14. The number of aliphatic hydroxyl groups excluding tert-OH is 1. The van der Waals surface area contributed by atoms with Gasteiger partial charge in [-0.2, -0.15) is 0 Å². The molecule has 130 valence electrons. The van der Waals surface area contributed by atoms with Gasteiger partial charge in [0.2, 0.25) is 0 Å². The third-order valence-corrected chi connectivity index (χ3v) is 5.99. The average Bonchev–Trinajstić information content (AvgIpc) is 2.79. The number of rotatable bonds is 4. The van der Waals surface area contributed by atoms with Crippen molar-refractivity contribution in [3.8, 4) is 11.1 Å². The molecule has 0 radical (unpaired) electrons. The van der Waals surface area contributed by atoms with E-state index in [1.54, 1.807) is 0 Å². The Balaban J connectivity index is 1.57. The minimum absolute atomic E-state index is 0.0409.